The molecule has 0 aromatic carbocycles. The molecule has 3 nitrogen and oxygen atoms in total. The third-order valence-corrected chi connectivity index (χ3v) is 0. The van der Waals surface area contributed by atoms with Crippen LogP contribution in [0.3, 0.4) is 0 Å². The summed E-state index contributed by atoms with van der Waals surface area (Å²) in [4.78, 5) is 0. The summed E-state index contributed by atoms with van der Waals surface area (Å²) in [7, 11) is 0. The van der Waals surface area contributed by atoms with Crippen LogP contribution < -0.4 is 0 Å². The summed E-state index contributed by atoms with van der Waals surface area (Å²) in [5, 5.41) is 20.2. The van der Waals surface area contributed by atoms with Gasteiger partial charge in [-0.05, 0) is 0 Å². The van der Waals surface area contributed by atoms with Gasteiger partial charge in [0.05, 0.1) is 0 Å². The maximum Gasteiger partial charge on any atom is 0.482 e. The zero-order valence-electron chi connectivity index (χ0n) is 2.77. The van der Waals surface area contributed by atoms with Gasteiger partial charge >= 0.3 is 7.69 Å². The van der Waals surface area contributed by atoms with Gasteiger partial charge in [-0.2, -0.15) is 0 Å². The Morgan fingerprint density at radius 3 is 1.33 bits per heavy atom. The van der Waals surface area contributed by atoms with Gasteiger partial charge in [0, 0.05) is 17.1 Å². The van der Waals surface area contributed by atoms with E-state index in [-0.39, 0.29) is 24.8 Å². The predicted octanol–water partition coefficient (Wildman–Crippen LogP) is -1.40. The summed E-state index contributed by atoms with van der Waals surface area (Å²) in [6.07, 6.45) is 0. The monoisotopic (exact) mass is 127 g/mol. The second-order valence-corrected chi connectivity index (χ2v) is 0.115. The van der Waals surface area contributed by atoms with Crippen LogP contribution in [0, 0.1) is 11.8 Å². The molecule has 0 rings (SSSR count). The van der Waals surface area contributed by atoms with Crippen LogP contribution in [-0.4, -0.2) is 17.7 Å². The second-order valence-electron chi connectivity index (χ2n) is 0.115. The molecule has 0 aromatic heterocycles. The van der Waals surface area contributed by atoms with Crippen molar-refractivity contribution in [1.29, 1.82) is 5.26 Å². The van der Waals surface area contributed by atoms with Gasteiger partial charge in [-0.1, -0.05) is 0 Å². The summed E-state index contributed by atoms with van der Waals surface area (Å²) < 4.78 is 0. The van der Waals surface area contributed by atoms with Crippen LogP contribution in [0.1, 0.15) is 0 Å². The van der Waals surface area contributed by atoms with Gasteiger partial charge in [-0.25, -0.2) is 0 Å². The van der Waals surface area contributed by atoms with E-state index in [1.807, 2.05) is 0 Å². The van der Waals surface area contributed by atoms with E-state index in [9.17, 15) is 0 Å². The molecule has 6 heavy (non-hydrogen) atoms. The summed E-state index contributed by atoms with van der Waals surface area (Å²) >= 11 is 0. The van der Waals surface area contributed by atoms with Crippen molar-refractivity contribution in [2.45, 2.75) is 0 Å². The summed E-state index contributed by atoms with van der Waals surface area (Å²) in [6, 6.07) is 0. The molecule has 1 radical (unpaired) electrons. The van der Waals surface area contributed by atoms with Crippen molar-refractivity contribution in [2.75, 3.05) is 0 Å². The fourth-order valence-electron chi connectivity index (χ4n) is 0. The van der Waals surface area contributed by atoms with E-state index in [2.05, 4.69) is 0 Å². The average molecular weight is 127 g/mol. The molecular formula is CH2BFeNO2-. The fraction of sp³-hybridized carbons (Fsp3) is 0. The summed E-state index contributed by atoms with van der Waals surface area (Å²) in [5.74, 6) is 0. The molecule has 5 heteroatoms. The molecule has 0 aliphatic rings. The Balaban J connectivity index is -0.0000000275. The SMILES string of the molecule is O[B]O.[C-]#N.[Fe]. The Kier molecular flexibility index (Phi) is 224. The van der Waals surface area contributed by atoms with Crippen molar-refractivity contribution in [1.82, 2.24) is 0 Å². The molecule has 0 aliphatic carbocycles. The zero-order chi connectivity index (χ0) is 4.71. The second kappa shape index (κ2) is 80.6. The van der Waals surface area contributed by atoms with Crippen LogP contribution in [0.4, 0.5) is 0 Å². The van der Waals surface area contributed by atoms with E-state index >= 15 is 0 Å². The maximum atomic E-state index is 7.00. The molecule has 35 valence electrons. The van der Waals surface area contributed by atoms with E-state index < -0.39 is 0 Å². The van der Waals surface area contributed by atoms with E-state index in [0.717, 1.165) is 0 Å². The Bertz CT molecular complexity index is 24.8. The van der Waals surface area contributed by atoms with Crippen LogP contribution in [0.5, 0.6) is 0 Å². The molecule has 0 saturated carbocycles. The van der Waals surface area contributed by atoms with Crippen molar-refractivity contribution < 1.29 is 27.1 Å². The van der Waals surface area contributed by atoms with E-state index in [4.69, 9.17) is 21.9 Å². The van der Waals surface area contributed by atoms with E-state index in [1.54, 1.807) is 0 Å². The zero-order valence-corrected chi connectivity index (χ0v) is 3.88. The van der Waals surface area contributed by atoms with Gasteiger partial charge in [-0.15, -0.1) is 0 Å². The molecule has 0 unspecified atom stereocenters. The van der Waals surface area contributed by atoms with Crippen molar-refractivity contribution in [2.24, 2.45) is 0 Å². The average Bonchev–Trinajstić information content (AvgIpc) is 1.46. The van der Waals surface area contributed by atoms with Crippen LogP contribution in [-0.2, 0) is 17.1 Å². The van der Waals surface area contributed by atoms with Gasteiger partial charge in [0.25, 0.3) is 0 Å². The summed E-state index contributed by atoms with van der Waals surface area (Å²) in [6.45, 7) is 4.75. The number of rotatable bonds is 0. The molecule has 0 amide bonds. The molecule has 0 atom stereocenters. The molecule has 0 aromatic rings. The minimum atomic E-state index is 0. The minimum Gasteiger partial charge on any atom is -0.512 e. The van der Waals surface area contributed by atoms with Gasteiger partial charge < -0.3 is 21.9 Å². The maximum absolute atomic E-state index is 7.00. The Hall–Kier alpha value is -0.00558. The molecule has 0 bridgehead atoms. The first-order valence-electron chi connectivity index (χ1n) is 0.740. The molecule has 0 fully saturated rings. The molecule has 0 aliphatic heterocycles. The molecule has 0 heterocycles. The largest absolute Gasteiger partial charge is 0.512 e. The van der Waals surface area contributed by atoms with Gasteiger partial charge in [0.15, 0.2) is 0 Å². The fourth-order valence-corrected chi connectivity index (χ4v) is 0. The molecule has 0 spiro atoms. The first-order valence-corrected chi connectivity index (χ1v) is 0.740. The van der Waals surface area contributed by atoms with Crippen LogP contribution in [0.25, 0.3) is 0 Å². The smallest absolute Gasteiger partial charge is 0.482 e. The first kappa shape index (κ1) is 16.7. The third kappa shape index (κ3) is 1150000. The number of nitrogens with zero attached hydrogens (tertiary/aromatic N) is 1. The number of hydrogen-bond donors (Lipinski definition) is 2. The number of hydrogen-bond acceptors (Lipinski definition) is 3. The van der Waals surface area contributed by atoms with Gasteiger partial charge in [-0.3, -0.25) is 0 Å². The first-order chi connectivity index (χ1) is 2.41. The molecular weight excluding hydrogens is 125 g/mol. The predicted molar refractivity (Wildman–Crippen MR) is 15.2 cm³/mol. The summed E-state index contributed by atoms with van der Waals surface area (Å²) in [5.41, 5.74) is 0. The van der Waals surface area contributed by atoms with E-state index in [0.29, 0.717) is 0 Å². The normalized spacial score (nSPS) is 2.67. The van der Waals surface area contributed by atoms with Crippen molar-refractivity contribution in [3.05, 3.63) is 6.57 Å². The van der Waals surface area contributed by atoms with Gasteiger partial charge in [0.2, 0.25) is 0 Å². The van der Waals surface area contributed by atoms with Crippen LogP contribution in [0.15, 0.2) is 0 Å². The van der Waals surface area contributed by atoms with E-state index in [1.165, 1.54) is 0 Å². The quantitative estimate of drug-likeness (QED) is 0.310. The minimum absolute atomic E-state index is 0. The van der Waals surface area contributed by atoms with Gasteiger partial charge in [0.1, 0.15) is 0 Å². The van der Waals surface area contributed by atoms with Crippen molar-refractivity contribution >= 4 is 7.69 Å². The Morgan fingerprint density at radius 2 is 1.33 bits per heavy atom. The standard InChI is InChI=1S/CN.BH2O2.Fe/c1-2;2-1-3;/h;2-3H;/q-1;;. The third-order valence-electron chi connectivity index (χ3n) is 0. The Morgan fingerprint density at radius 1 is 1.33 bits per heavy atom. The molecule has 2 N–H and O–H groups in total. The van der Waals surface area contributed by atoms with Crippen LogP contribution >= 0.6 is 0 Å². The van der Waals surface area contributed by atoms with Crippen LogP contribution in [0.2, 0.25) is 0 Å². The topological polar surface area (TPSA) is 64.2 Å². The molecule has 0 saturated heterocycles. The van der Waals surface area contributed by atoms with Crippen molar-refractivity contribution in [3.63, 3.8) is 0 Å². The Labute approximate surface area is 47.4 Å². The van der Waals surface area contributed by atoms with Crippen molar-refractivity contribution in [3.8, 4) is 0 Å².